The SMILES string of the molecule is Cc1cc(-n2ccc(CO)n2)nn1C. The summed E-state index contributed by atoms with van der Waals surface area (Å²) in [7, 11) is 1.88. The third kappa shape index (κ3) is 1.42. The monoisotopic (exact) mass is 192 g/mol. The Bertz CT molecular complexity index is 424. The van der Waals surface area contributed by atoms with E-state index in [0.717, 1.165) is 11.5 Å². The minimum atomic E-state index is -0.0428. The van der Waals surface area contributed by atoms with Gasteiger partial charge in [0.25, 0.3) is 0 Å². The Balaban J connectivity index is 2.39. The fraction of sp³-hybridized carbons (Fsp3) is 0.333. The van der Waals surface area contributed by atoms with Gasteiger partial charge in [-0.2, -0.15) is 10.2 Å². The lowest BCUT2D eigenvalue weighted by Crippen LogP contribution is -1.99. The van der Waals surface area contributed by atoms with Crippen molar-refractivity contribution in [2.24, 2.45) is 7.05 Å². The van der Waals surface area contributed by atoms with E-state index < -0.39 is 0 Å². The standard InChI is InChI=1S/C9H12N4O/c1-7-5-9(11-12(7)2)13-4-3-8(6-14)10-13/h3-5,14H,6H2,1-2H3. The average Bonchev–Trinajstić information content (AvgIpc) is 2.74. The van der Waals surface area contributed by atoms with E-state index >= 15 is 0 Å². The molecular weight excluding hydrogens is 180 g/mol. The predicted octanol–water partition coefficient (Wildman–Crippen LogP) is 0.407. The van der Waals surface area contributed by atoms with Crippen molar-refractivity contribution in [3.05, 3.63) is 29.7 Å². The summed E-state index contributed by atoms with van der Waals surface area (Å²) in [5.41, 5.74) is 1.72. The van der Waals surface area contributed by atoms with Gasteiger partial charge in [0, 0.05) is 25.0 Å². The summed E-state index contributed by atoms with van der Waals surface area (Å²) in [6.45, 7) is 1.94. The molecule has 14 heavy (non-hydrogen) atoms. The van der Waals surface area contributed by atoms with E-state index in [1.165, 1.54) is 0 Å². The van der Waals surface area contributed by atoms with Gasteiger partial charge in [0.05, 0.1) is 12.3 Å². The molecule has 0 radical (unpaired) electrons. The minimum Gasteiger partial charge on any atom is -0.390 e. The first kappa shape index (κ1) is 8.96. The van der Waals surface area contributed by atoms with Crippen LogP contribution in [0.25, 0.3) is 5.82 Å². The number of hydrogen-bond donors (Lipinski definition) is 1. The Morgan fingerprint density at radius 3 is 2.71 bits per heavy atom. The normalized spacial score (nSPS) is 10.8. The van der Waals surface area contributed by atoms with E-state index in [1.807, 2.05) is 20.0 Å². The Morgan fingerprint density at radius 2 is 2.21 bits per heavy atom. The van der Waals surface area contributed by atoms with E-state index in [-0.39, 0.29) is 6.61 Å². The van der Waals surface area contributed by atoms with E-state index in [2.05, 4.69) is 10.2 Å². The van der Waals surface area contributed by atoms with Crippen LogP contribution in [0.3, 0.4) is 0 Å². The maximum Gasteiger partial charge on any atom is 0.175 e. The van der Waals surface area contributed by atoms with Crippen LogP contribution in [-0.2, 0) is 13.7 Å². The summed E-state index contributed by atoms with van der Waals surface area (Å²) in [5.74, 6) is 0.768. The fourth-order valence-corrected chi connectivity index (χ4v) is 1.23. The molecule has 0 unspecified atom stereocenters. The van der Waals surface area contributed by atoms with Gasteiger partial charge in [0.1, 0.15) is 0 Å². The average molecular weight is 192 g/mol. The van der Waals surface area contributed by atoms with Crippen molar-refractivity contribution >= 4 is 0 Å². The maximum absolute atomic E-state index is 8.86. The van der Waals surface area contributed by atoms with Crippen molar-refractivity contribution in [1.82, 2.24) is 19.6 Å². The van der Waals surface area contributed by atoms with Crippen LogP contribution in [0, 0.1) is 6.92 Å². The van der Waals surface area contributed by atoms with Crippen molar-refractivity contribution in [2.45, 2.75) is 13.5 Å². The number of aliphatic hydroxyl groups is 1. The first-order valence-corrected chi connectivity index (χ1v) is 4.37. The second-order valence-electron chi connectivity index (χ2n) is 3.18. The molecule has 5 heteroatoms. The van der Waals surface area contributed by atoms with Gasteiger partial charge >= 0.3 is 0 Å². The molecule has 0 aliphatic rings. The van der Waals surface area contributed by atoms with E-state index in [4.69, 9.17) is 5.11 Å². The highest BCUT2D eigenvalue weighted by molar-refractivity contribution is 5.23. The largest absolute Gasteiger partial charge is 0.390 e. The van der Waals surface area contributed by atoms with Crippen LogP contribution in [0.15, 0.2) is 18.3 Å². The molecule has 0 aliphatic carbocycles. The molecule has 0 atom stereocenters. The molecule has 1 N–H and O–H groups in total. The second-order valence-corrected chi connectivity index (χ2v) is 3.18. The third-order valence-electron chi connectivity index (χ3n) is 2.14. The molecule has 0 spiro atoms. The summed E-state index contributed by atoms with van der Waals surface area (Å²) in [6, 6.07) is 3.71. The van der Waals surface area contributed by atoms with E-state index in [0.29, 0.717) is 5.69 Å². The molecule has 0 aliphatic heterocycles. The topological polar surface area (TPSA) is 55.9 Å². The van der Waals surface area contributed by atoms with Crippen molar-refractivity contribution in [3.63, 3.8) is 0 Å². The Hall–Kier alpha value is -1.62. The van der Waals surface area contributed by atoms with Crippen LogP contribution in [0.1, 0.15) is 11.4 Å². The van der Waals surface area contributed by atoms with Gasteiger partial charge in [-0.3, -0.25) is 4.68 Å². The van der Waals surface area contributed by atoms with Crippen LogP contribution in [0.4, 0.5) is 0 Å². The number of nitrogens with zero attached hydrogens (tertiary/aromatic N) is 4. The van der Waals surface area contributed by atoms with Crippen molar-refractivity contribution < 1.29 is 5.11 Å². The molecule has 0 saturated heterocycles. The summed E-state index contributed by atoms with van der Waals surface area (Å²) >= 11 is 0. The third-order valence-corrected chi connectivity index (χ3v) is 2.14. The zero-order valence-corrected chi connectivity index (χ0v) is 8.18. The first-order chi connectivity index (χ1) is 6.70. The summed E-state index contributed by atoms with van der Waals surface area (Å²) in [6.07, 6.45) is 1.79. The van der Waals surface area contributed by atoms with Crippen molar-refractivity contribution in [1.29, 1.82) is 0 Å². The van der Waals surface area contributed by atoms with Gasteiger partial charge in [-0.25, -0.2) is 4.68 Å². The predicted molar refractivity (Wildman–Crippen MR) is 51.0 cm³/mol. The van der Waals surface area contributed by atoms with Crippen LogP contribution in [0.2, 0.25) is 0 Å². The van der Waals surface area contributed by atoms with E-state index in [1.54, 1.807) is 21.6 Å². The molecular formula is C9H12N4O. The molecule has 2 aromatic heterocycles. The molecule has 5 nitrogen and oxygen atoms in total. The number of aliphatic hydroxyl groups excluding tert-OH is 1. The summed E-state index contributed by atoms with van der Waals surface area (Å²) in [4.78, 5) is 0. The first-order valence-electron chi connectivity index (χ1n) is 4.37. The smallest absolute Gasteiger partial charge is 0.175 e. The van der Waals surface area contributed by atoms with Crippen LogP contribution < -0.4 is 0 Å². The number of rotatable bonds is 2. The summed E-state index contributed by atoms with van der Waals surface area (Å²) < 4.78 is 3.44. The highest BCUT2D eigenvalue weighted by Gasteiger charge is 2.04. The molecule has 2 heterocycles. The molecule has 2 aromatic rings. The molecule has 0 amide bonds. The lowest BCUT2D eigenvalue weighted by Gasteiger charge is -1.93. The summed E-state index contributed by atoms with van der Waals surface area (Å²) in [5, 5.41) is 17.3. The van der Waals surface area contributed by atoms with Gasteiger partial charge in [-0.05, 0) is 13.0 Å². The highest BCUT2D eigenvalue weighted by atomic mass is 16.3. The fourth-order valence-electron chi connectivity index (χ4n) is 1.23. The molecule has 0 bridgehead atoms. The molecule has 0 saturated carbocycles. The number of aryl methyl sites for hydroxylation is 2. The molecule has 74 valence electrons. The minimum absolute atomic E-state index is 0.0428. The zero-order valence-electron chi connectivity index (χ0n) is 8.18. The van der Waals surface area contributed by atoms with Crippen LogP contribution >= 0.6 is 0 Å². The van der Waals surface area contributed by atoms with Crippen molar-refractivity contribution in [2.75, 3.05) is 0 Å². The lowest BCUT2D eigenvalue weighted by molar-refractivity contribution is 0.276. The van der Waals surface area contributed by atoms with Gasteiger partial charge in [0.2, 0.25) is 0 Å². The zero-order chi connectivity index (χ0) is 10.1. The van der Waals surface area contributed by atoms with E-state index in [9.17, 15) is 0 Å². The quantitative estimate of drug-likeness (QED) is 0.749. The molecule has 0 fully saturated rings. The second kappa shape index (κ2) is 3.26. The van der Waals surface area contributed by atoms with Crippen LogP contribution in [0.5, 0.6) is 0 Å². The Morgan fingerprint density at radius 1 is 1.43 bits per heavy atom. The molecule has 2 rings (SSSR count). The van der Waals surface area contributed by atoms with Crippen molar-refractivity contribution in [3.8, 4) is 5.82 Å². The Labute approximate surface area is 81.6 Å². The highest BCUT2D eigenvalue weighted by Crippen LogP contribution is 2.07. The Kier molecular flexibility index (Phi) is 2.09. The molecule has 0 aromatic carbocycles. The van der Waals surface area contributed by atoms with Gasteiger partial charge in [0.15, 0.2) is 5.82 Å². The van der Waals surface area contributed by atoms with Gasteiger partial charge < -0.3 is 5.11 Å². The maximum atomic E-state index is 8.86. The van der Waals surface area contributed by atoms with Crippen LogP contribution in [-0.4, -0.2) is 24.7 Å². The lowest BCUT2D eigenvalue weighted by atomic mass is 10.4. The number of hydrogen-bond acceptors (Lipinski definition) is 3. The van der Waals surface area contributed by atoms with Gasteiger partial charge in [-0.1, -0.05) is 0 Å². The van der Waals surface area contributed by atoms with Gasteiger partial charge in [-0.15, -0.1) is 0 Å². The number of aromatic nitrogens is 4.